The summed E-state index contributed by atoms with van der Waals surface area (Å²) < 4.78 is 25.8. The molecule has 0 saturated carbocycles. The minimum Gasteiger partial charge on any atom is -0.359 e. The van der Waals surface area contributed by atoms with E-state index in [1.165, 1.54) is 11.9 Å². The minimum atomic E-state index is -3.32. The van der Waals surface area contributed by atoms with E-state index in [4.69, 9.17) is 0 Å². The quantitative estimate of drug-likeness (QED) is 0.520. The van der Waals surface area contributed by atoms with Crippen LogP contribution in [-0.2, 0) is 16.6 Å². The van der Waals surface area contributed by atoms with Gasteiger partial charge in [0, 0.05) is 50.0 Å². The zero-order chi connectivity index (χ0) is 18.9. The molecule has 0 radical (unpaired) electrons. The van der Waals surface area contributed by atoms with Crippen LogP contribution in [0.2, 0.25) is 0 Å². The summed E-state index contributed by atoms with van der Waals surface area (Å²) in [4.78, 5) is 14.1. The van der Waals surface area contributed by atoms with Crippen molar-refractivity contribution in [3.05, 3.63) is 36.2 Å². The van der Waals surface area contributed by atoms with Crippen molar-refractivity contribution in [2.45, 2.75) is 16.5 Å². The number of hydrogen-bond donors (Lipinski definition) is 1. The molecule has 1 aromatic heterocycles. The lowest BCUT2D eigenvalue weighted by atomic mass is 10.1. The molecule has 8 nitrogen and oxygen atoms in total. The van der Waals surface area contributed by atoms with Gasteiger partial charge in [0.15, 0.2) is 5.82 Å². The van der Waals surface area contributed by atoms with Crippen LogP contribution in [-0.4, -0.2) is 67.0 Å². The molecule has 0 unspecified atom stereocenters. The topological polar surface area (TPSA) is 90.8 Å². The van der Waals surface area contributed by atoms with Gasteiger partial charge < -0.3 is 10.2 Å². The zero-order valence-corrected chi connectivity index (χ0v) is 16.5. The summed E-state index contributed by atoms with van der Waals surface area (Å²) in [7, 11) is -3.32. The van der Waals surface area contributed by atoms with Gasteiger partial charge in [0.2, 0.25) is 0 Å². The van der Waals surface area contributed by atoms with Crippen LogP contribution < -0.4 is 5.32 Å². The second-order valence-corrected chi connectivity index (χ2v) is 9.24. The van der Waals surface area contributed by atoms with Crippen molar-refractivity contribution in [3.8, 4) is 0 Å². The molecule has 27 heavy (non-hydrogen) atoms. The van der Waals surface area contributed by atoms with Crippen LogP contribution in [0.15, 0.2) is 44.9 Å². The smallest absolute Gasteiger partial charge is 0.251 e. The highest BCUT2D eigenvalue weighted by Gasteiger charge is 2.19. The molecule has 1 fully saturated rings. The van der Waals surface area contributed by atoms with Gasteiger partial charge in [0.25, 0.3) is 10.0 Å². The SMILES string of the molecule is CS(=O)(=O)/N=C/N1CCN(Cc2ccc3c(c2)Nc2nccnc2S3)CC1. The largest absolute Gasteiger partial charge is 0.359 e. The molecule has 0 atom stereocenters. The van der Waals surface area contributed by atoms with Gasteiger partial charge in [-0.1, -0.05) is 17.8 Å². The lowest BCUT2D eigenvalue weighted by molar-refractivity contribution is 0.178. The minimum absolute atomic E-state index is 0.765. The highest BCUT2D eigenvalue weighted by Crippen LogP contribution is 2.42. The Kier molecular flexibility index (Phi) is 5.02. The van der Waals surface area contributed by atoms with E-state index in [-0.39, 0.29) is 0 Å². The monoisotopic (exact) mass is 404 g/mol. The van der Waals surface area contributed by atoms with Crippen LogP contribution in [0, 0.1) is 0 Å². The predicted molar refractivity (Wildman–Crippen MR) is 106 cm³/mol. The van der Waals surface area contributed by atoms with Crippen molar-refractivity contribution in [2.24, 2.45) is 4.40 Å². The third kappa shape index (κ3) is 4.57. The Morgan fingerprint density at radius 2 is 2.00 bits per heavy atom. The molecule has 2 aliphatic heterocycles. The van der Waals surface area contributed by atoms with Gasteiger partial charge in [0.1, 0.15) is 11.4 Å². The van der Waals surface area contributed by atoms with Gasteiger partial charge in [-0.15, -0.1) is 0 Å². The maximum atomic E-state index is 11.1. The molecule has 0 amide bonds. The second-order valence-electron chi connectivity index (χ2n) is 6.53. The van der Waals surface area contributed by atoms with E-state index in [1.54, 1.807) is 24.2 Å². The Morgan fingerprint density at radius 3 is 2.78 bits per heavy atom. The first-order chi connectivity index (χ1) is 13.0. The summed E-state index contributed by atoms with van der Waals surface area (Å²) in [6.45, 7) is 4.11. The molecule has 4 rings (SSSR count). The third-order valence-corrected chi connectivity index (χ3v) is 5.93. The normalized spacial score (nSPS) is 17.4. The van der Waals surface area contributed by atoms with Crippen molar-refractivity contribution in [1.29, 1.82) is 0 Å². The first-order valence-corrected chi connectivity index (χ1v) is 11.2. The summed E-state index contributed by atoms with van der Waals surface area (Å²) >= 11 is 1.62. The molecular weight excluding hydrogens is 384 g/mol. The standard InChI is InChI=1S/C17H20N6O2S2/c1-27(24,25)20-12-23-8-6-22(7-9-23)11-13-2-3-15-14(10-13)21-16-17(26-15)19-5-4-18-16/h2-5,10,12H,6-9,11H2,1H3,(H,18,21)/b20-12+. The van der Waals surface area contributed by atoms with E-state index in [1.807, 2.05) is 4.90 Å². The molecular formula is C17H20N6O2S2. The summed E-state index contributed by atoms with van der Waals surface area (Å²) in [6.07, 6.45) is 5.93. The van der Waals surface area contributed by atoms with Crippen molar-refractivity contribution in [3.63, 3.8) is 0 Å². The average Bonchev–Trinajstić information content (AvgIpc) is 2.65. The van der Waals surface area contributed by atoms with Gasteiger partial charge in [0.05, 0.1) is 11.9 Å². The van der Waals surface area contributed by atoms with Crippen molar-refractivity contribution in [2.75, 3.05) is 37.8 Å². The van der Waals surface area contributed by atoms with Crippen LogP contribution in [0.4, 0.5) is 11.5 Å². The second kappa shape index (κ2) is 7.45. The molecule has 1 aromatic carbocycles. The summed E-state index contributed by atoms with van der Waals surface area (Å²) in [5.74, 6) is 0.797. The van der Waals surface area contributed by atoms with Gasteiger partial charge in [-0.2, -0.15) is 4.40 Å². The molecule has 142 valence electrons. The Bertz CT molecular complexity index is 971. The summed E-state index contributed by atoms with van der Waals surface area (Å²) in [5.41, 5.74) is 2.29. The van der Waals surface area contributed by atoms with Crippen LogP contribution in [0.25, 0.3) is 0 Å². The predicted octanol–water partition coefficient (Wildman–Crippen LogP) is 1.79. The zero-order valence-electron chi connectivity index (χ0n) is 14.9. The fourth-order valence-corrected chi connectivity index (χ4v) is 4.21. The Hall–Kier alpha value is -2.17. The maximum Gasteiger partial charge on any atom is 0.251 e. The number of nitrogens with one attached hydrogen (secondary N) is 1. The van der Waals surface area contributed by atoms with Gasteiger partial charge >= 0.3 is 0 Å². The number of fused-ring (bicyclic) bond motifs is 2. The molecule has 1 saturated heterocycles. The van der Waals surface area contributed by atoms with Gasteiger partial charge in [-0.3, -0.25) is 4.90 Å². The van der Waals surface area contributed by atoms with Crippen molar-refractivity contribution in [1.82, 2.24) is 19.8 Å². The van der Waals surface area contributed by atoms with Crippen LogP contribution >= 0.6 is 11.8 Å². The number of hydrogen-bond acceptors (Lipinski definition) is 7. The van der Waals surface area contributed by atoms with Crippen molar-refractivity contribution >= 4 is 39.6 Å². The average molecular weight is 405 g/mol. The third-order valence-electron chi connectivity index (χ3n) is 4.38. The van der Waals surface area contributed by atoms with Gasteiger partial charge in [-0.05, 0) is 17.7 Å². The number of anilines is 2. The molecule has 2 aromatic rings. The number of rotatable bonds is 4. The van der Waals surface area contributed by atoms with E-state index in [0.717, 1.165) is 60.4 Å². The maximum absolute atomic E-state index is 11.1. The molecule has 0 aliphatic carbocycles. The fraction of sp³-hybridized carbons (Fsp3) is 0.353. The molecule has 0 bridgehead atoms. The Morgan fingerprint density at radius 1 is 1.22 bits per heavy atom. The highest BCUT2D eigenvalue weighted by molar-refractivity contribution is 7.99. The lowest BCUT2D eigenvalue weighted by Gasteiger charge is -2.33. The number of benzene rings is 1. The molecule has 1 N–H and O–H groups in total. The Balaban J connectivity index is 1.37. The summed E-state index contributed by atoms with van der Waals surface area (Å²) in [6, 6.07) is 6.43. The number of piperazine rings is 1. The van der Waals surface area contributed by atoms with E-state index in [0.29, 0.717) is 0 Å². The van der Waals surface area contributed by atoms with E-state index < -0.39 is 10.0 Å². The highest BCUT2D eigenvalue weighted by atomic mass is 32.2. The fourth-order valence-electron chi connectivity index (χ4n) is 3.03. The number of sulfonamides is 1. The first kappa shape index (κ1) is 18.2. The molecule has 10 heteroatoms. The van der Waals surface area contributed by atoms with Crippen LogP contribution in [0.1, 0.15) is 5.56 Å². The van der Waals surface area contributed by atoms with Crippen LogP contribution in [0.5, 0.6) is 0 Å². The molecule has 3 heterocycles. The Labute approximate surface area is 162 Å². The number of aromatic nitrogens is 2. The van der Waals surface area contributed by atoms with E-state index in [9.17, 15) is 8.42 Å². The van der Waals surface area contributed by atoms with Crippen molar-refractivity contribution < 1.29 is 8.42 Å². The summed E-state index contributed by atoms with van der Waals surface area (Å²) in [5, 5.41) is 4.25. The number of nitrogens with zero attached hydrogens (tertiary/aromatic N) is 5. The molecule has 0 spiro atoms. The first-order valence-electron chi connectivity index (χ1n) is 8.57. The molecule has 2 aliphatic rings. The van der Waals surface area contributed by atoms with Gasteiger partial charge in [-0.25, -0.2) is 18.4 Å². The van der Waals surface area contributed by atoms with Crippen LogP contribution in [0.3, 0.4) is 0 Å². The van der Waals surface area contributed by atoms with E-state index in [2.05, 4.69) is 42.8 Å². The lowest BCUT2D eigenvalue weighted by Crippen LogP contribution is -2.45. The van der Waals surface area contributed by atoms with E-state index >= 15 is 0 Å².